The van der Waals surface area contributed by atoms with Gasteiger partial charge in [0.25, 0.3) is 0 Å². The van der Waals surface area contributed by atoms with E-state index in [1.807, 2.05) is 18.2 Å². The van der Waals surface area contributed by atoms with Gasteiger partial charge >= 0.3 is 6.16 Å². The number of hydrazone groups is 1. The van der Waals surface area contributed by atoms with Crippen LogP contribution >= 0.6 is 0 Å². The highest BCUT2D eigenvalue weighted by Crippen LogP contribution is 2.28. The van der Waals surface area contributed by atoms with Crippen LogP contribution in [0.4, 0.5) is 4.79 Å². The Hall–Kier alpha value is -2.44. The zero-order valence-corrected chi connectivity index (χ0v) is 15.0. The van der Waals surface area contributed by atoms with Gasteiger partial charge in [-0.2, -0.15) is 5.10 Å². The normalized spacial score (nSPS) is 17.8. The van der Waals surface area contributed by atoms with Crippen molar-refractivity contribution in [1.82, 2.24) is 5.01 Å². The fourth-order valence-electron chi connectivity index (χ4n) is 2.54. The third kappa shape index (κ3) is 5.85. The summed E-state index contributed by atoms with van der Waals surface area (Å²) in [5.74, 6) is 1.74. The summed E-state index contributed by atoms with van der Waals surface area (Å²) in [5, 5.41) is 14.9. The van der Waals surface area contributed by atoms with Crippen molar-refractivity contribution in [3.8, 4) is 11.5 Å². The maximum absolute atomic E-state index is 10.8. The lowest BCUT2D eigenvalue weighted by molar-refractivity contribution is -0.0538. The second-order valence-corrected chi connectivity index (χ2v) is 6.36. The highest BCUT2D eigenvalue weighted by Gasteiger charge is 2.24. The molecule has 0 spiro atoms. The van der Waals surface area contributed by atoms with Gasteiger partial charge in [0, 0.05) is 13.0 Å². The summed E-state index contributed by atoms with van der Waals surface area (Å²) in [4.78, 5) is 10.8. The van der Waals surface area contributed by atoms with Crippen LogP contribution in [0.25, 0.3) is 0 Å². The van der Waals surface area contributed by atoms with Gasteiger partial charge in [-0.3, -0.25) is 5.01 Å². The summed E-state index contributed by atoms with van der Waals surface area (Å²) in [6.45, 7) is 5.42. The van der Waals surface area contributed by atoms with Crippen molar-refractivity contribution < 1.29 is 24.1 Å². The van der Waals surface area contributed by atoms with Crippen LogP contribution in [0.3, 0.4) is 0 Å². The monoisotopic (exact) mass is 350 g/mol. The number of ether oxygens (including phenoxy) is 3. The van der Waals surface area contributed by atoms with Crippen LogP contribution in [0.5, 0.6) is 11.5 Å². The van der Waals surface area contributed by atoms with Crippen LogP contribution in [0.1, 0.15) is 38.7 Å². The van der Waals surface area contributed by atoms with Crippen LogP contribution in [-0.2, 0) is 4.74 Å². The van der Waals surface area contributed by atoms with E-state index in [1.54, 1.807) is 18.3 Å². The molecule has 1 aliphatic rings. The van der Waals surface area contributed by atoms with Crippen molar-refractivity contribution in [3.63, 3.8) is 0 Å². The number of carboxylic acid groups (broad SMARTS) is 1. The summed E-state index contributed by atoms with van der Waals surface area (Å²) in [7, 11) is 1.60. The molecule has 0 bridgehead atoms. The first-order valence-corrected chi connectivity index (χ1v) is 8.50. The molecule has 1 unspecified atom stereocenters. The lowest BCUT2D eigenvalue weighted by Gasteiger charge is -2.31. The third-order valence-corrected chi connectivity index (χ3v) is 3.77. The Balaban J connectivity index is 2.10. The van der Waals surface area contributed by atoms with Crippen molar-refractivity contribution in [2.24, 2.45) is 11.0 Å². The molecule has 1 aliphatic heterocycles. The zero-order chi connectivity index (χ0) is 18.2. The topological polar surface area (TPSA) is 80.6 Å². The van der Waals surface area contributed by atoms with Gasteiger partial charge in [-0.15, -0.1) is 0 Å². The smallest absolute Gasteiger partial charge is 0.493 e. The fraction of sp³-hybridized carbons (Fsp3) is 0.556. The fourth-order valence-corrected chi connectivity index (χ4v) is 2.54. The molecule has 25 heavy (non-hydrogen) atoms. The Kier molecular flexibility index (Phi) is 6.91. The number of piperidine rings is 1. The molecule has 1 heterocycles. The van der Waals surface area contributed by atoms with Crippen LogP contribution in [0.2, 0.25) is 0 Å². The van der Waals surface area contributed by atoms with E-state index in [-0.39, 0.29) is 0 Å². The Morgan fingerprint density at radius 3 is 2.88 bits per heavy atom. The van der Waals surface area contributed by atoms with Gasteiger partial charge in [-0.25, -0.2) is 4.79 Å². The first-order valence-electron chi connectivity index (χ1n) is 8.50. The average molecular weight is 350 g/mol. The largest absolute Gasteiger partial charge is 0.507 e. The van der Waals surface area contributed by atoms with E-state index in [0.717, 1.165) is 18.4 Å². The molecule has 1 aromatic rings. The zero-order valence-electron chi connectivity index (χ0n) is 15.0. The van der Waals surface area contributed by atoms with Crippen molar-refractivity contribution in [1.29, 1.82) is 0 Å². The first-order chi connectivity index (χ1) is 12.0. The lowest BCUT2D eigenvalue weighted by atomic mass is 10.1. The number of rotatable bonds is 7. The van der Waals surface area contributed by atoms with E-state index in [1.165, 1.54) is 0 Å². The molecule has 0 aliphatic carbocycles. The summed E-state index contributed by atoms with van der Waals surface area (Å²) < 4.78 is 16.0. The molecular formula is C18H26N2O5. The van der Waals surface area contributed by atoms with Crippen LogP contribution in [-0.4, -0.2) is 49.0 Å². The average Bonchev–Trinajstić information content (AvgIpc) is 2.58. The maximum Gasteiger partial charge on any atom is 0.507 e. The van der Waals surface area contributed by atoms with Gasteiger partial charge in [0.1, 0.15) is 0 Å². The van der Waals surface area contributed by atoms with E-state index in [4.69, 9.17) is 19.3 Å². The summed E-state index contributed by atoms with van der Waals surface area (Å²) in [6, 6.07) is 5.57. The Morgan fingerprint density at radius 1 is 1.40 bits per heavy atom. The Bertz CT molecular complexity index is 603. The maximum atomic E-state index is 10.8. The molecule has 1 aromatic carbocycles. The van der Waals surface area contributed by atoms with Crippen molar-refractivity contribution in [2.45, 2.75) is 39.3 Å². The molecule has 138 valence electrons. The molecular weight excluding hydrogens is 324 g/mol. The van der Waals surface area contributed by atoms with E-state index in [9.17, 15) is 4.79 Å². The van der Waals surface area contributed by atoms with Gasteiger partial charge in [-0.1, -0.05) is 13.8 Å². The number of hydrogen-bond donors (Lipinski definition) is 1. The van der Waals surface area contributed by atoms with Crippen LogP contribution < -0.4 is 9.47 Å². The van der Waals surface area contributed by atoms with Gasteiger partial charge < -0.3 is 19.3 Å². The van der Waals surface area contributed by atoms with Crippen molar-refractivity contribution in [2.75, 3.05) is 20.3 Å². The molecule has 0 saturated carbocycles. The van der Waals surface area contributed by atoms with Crippen LogP contribution in [0, 0.1) is 5.92 Å². The number of hydrogen-bond acceptors (Lipinski definition) is 6. The Morgan fingerprint density at radius 2 is 2.20 bits per heavy atom. The van der Waals surface area contributed by atoms with Gasteiger partial charge in [0.2, 0.25) is 0 Å². The lowest BCUT2D eigenvalue weighted by Crippen LogP contribution is -2.38. The highest BCUT2D eigenvalue weighted by molar-refractivity contribution is 5.80. The molecule has 2 rings (SSSR count). The minimum Gasteiger partial charge on any atom is -0.493 e. The van der Waals surface area contributed by atoms with E-state index >= 15 is 0 Å². The predicted molar refractivity (Wildman–Crippen MR) is 94.4 cm³/mol. The number of benzene rings is 1. The minimum atomic E-state index is -1.28. The van der Waals surface area contributed by atoms with Gasteiger partial charge in [0.05, 0.1) is 19.9 Å². The minimum absolute atomic E-state index is 0.407. The van der Waals surface area contributed by atoms with E-state index in [2.05, 4.69) is 18.9 Å². The number of nitrogens with zero attached hydrogens (tertiary/aromatic N) is 2. The summed E-state index contributed by atoms with van der Waals surface area (Å²) in [5.41, 5.74) is 0.846. The molecule has 0 amide bonds. The quantitative estimate of drug-likeness (QED) is 0.598. The first kappa shape index (κ1) is 18.9. The van der Waals surface area contributed by atoms with E-state index < -0.39 is 12.4 Å². The molecule has 7 heteroatoms. The summed E-state index contributed by atoms with van der Waals surface area (Å²) in [6.07, 6.45) is 2.42. The second-order valence-electron chi connectivity index (χ2n) is 6.36. The molecule has 0 aromatic heterocycles. The highest BCUT2D eigenvalue weighted by atomic mass is 16.7. The Labute approximate surface area is 148 Å². The molecule has 0 radical (unpaired) electrons. The molecule has 1 fully saturated rings. The number of methoxy groups -OCH3 is 1. The van der Waals surface area contributed by atoms with Gasteiger partial charge in [-0.05, 0) is 42.5 Å². The number of carbonyl (C=O) groups is 1. The predicted octanol–water partition coefficient (Wildman–Crippen LogP) is 3.57. The third-order valence-electron chi connectivity index (χ3n) is 3.77. The van der Waals surface area contributed by atoms with E-state index in [0.29, 0.717) is 37.0 Å². The second kappa shape index (κ2) is 9.15. The SMILES string of the molecule is COc1ccc(/C=N/N2CCCCC2OC(=O)O)cc1OCC(C)C. The molecule has 1 N–H and O–H groups in total. The molecule has 7 nitrogen and oxygen atoms in total. The van der Waals surface area contributed by atoms with Crippen molar-refractivity contribution in [3.05, 3.63) is 23.8 Å². The van der Waals surface area contributed by atoms with Gasteiger partial charge in [0.15, 0.2) is 17.7 Å². The standard InChI is InChI=1S/C18H26N2O5/c1-13(2)12-24-16-10-14(7-8-15(16)23-3)11-19-20-9-5-4-6-17(20)25-18(21)22/h7-8,10-11,13,17H,4-6,9,12H2,1-3H3,(H,21,22)/b19-11+. The molecule has 1 saturated heterocycles. The molecule has 1 atom stereocenters. The summed E-state index contributed by atoms with van der Waals surface area (Å²) >= 11 is 0. The van der Waals surface area contributed by atoms with Crippen LogP contribution in [0.15, 0.2) is 23.3 Å². The van der Waals surface area contributed by atoms with Crippen molar-refractivity contribution >= 4 is 12.4 Å².